The van der Waals surface area contributed by atoms with Crippen LogP contribution in [0.5, 0.6) is 5.75 Å². The van der Waals surface area contributed by atoms with Crippen LogP contribution in [0.2, 0.25) is 5.02 Å². The molecular formula is C14H11ClF2O2. The predicted molar refractivity (Wildman–Crippen MR) is 68.1 cm³/mol. The first kappa shape index (κ1) is 13.8. The van der Waals surface area contributed by atoms with Gasteiger partial charge in [-0.05, 0) is 18.2 Å². The van der Waals surface area contributed by atoms with Crippen LogP contribution in [0.1, 0.15) is 11.1 Å². The molecule has 2 rings (SSSR count). The van der Waals surface area contributed by atoms with Gasteiger partial charge in [-0.1, -0.05) is 29.8 Å². The number of benzene rings is 2. The lowest BCUT2D eigenvalue weighted by atomic mass is 10.2. The van der Waals surface area contributed by atoms with E-state index in [1.165, 1.54) is 30.3 Å². The standard InChI is InChI=1S/C14H11ClF2O2/c15-11-5-4-10(13(17)6-11)8-19-14-9(7-18)2-1-3-12(14)16/h1-6,18H,7-8H2. The topological polar surface area (TPSA) is 29.5 Å². The van der Waals surface area contributed by atoms with Crippen LogP contribution in [0.3, 0.4) is 0 Å². The Labute approximate surface area is 114 Å². The molecule has 1 N–H and O–H groups in total. The molecule has 0 saturated carbocycles. The Balaban J connectivity index is 2.19. The van der Waals surface area contributed by atoms with Crippen LogP contribution in [0.4, 0.5) is 8.78 Å². The number of para-hydroxylation sites is 1. The quantitative estimate of drug-likeness (QED) is 0.928. The van der Waals surface area contributed by atoms with E-state index >= 15 is 0 Å². The van der Waals surface area contributed by atoms with Gasteiger partial charge in [0.15, 0.2) is 11.6 Å². The first-order valence-corrected chi connectivity index (χ1v) is 5.94. The second kappa shape index (κ2) is 5.99. The van der Waals surface area contributed by atoms with Crippen molar-refractivity contribution >= 4 is 11.6 Å². The number of ether oxygens (including phenoxy) is 1. The highest BCUT2D eigenvalue weighted by Crippen LogP contribution is 2.24. The summed E-state index contributed by atoms with van der Waals surface area (Å²) in [5.74, 6) is -1.19. The molecule has 0 atom stereocenters. The molecule has 0 aliphatic rings. The van der Waals surface area contributed by atoms with Crippen molar-refractivity contribution in [2.75, 3.05) is 0 Å². The minimum absolute atomic E-state index is 0.0700. The lowest BCUT2D eigenvalue weighted by Crippen LogP contribution is -2.02. The summed E-state index contributed by atoms with van der Waals surface area (Å²) in [6, 6.07) is 8.38. The van der Waals surface area contributed by atoms with Gasteiger partial charge in [0.05, 0.1) is 6.61 Å². The van der Waals surface area contributed by atoms with Crippen molar-refractivity contribution in [1.82, 2.24) is 0 Å². The van der Waals surface area contributed by atoms with Crippen molar-refractivity contribution < 1.29 is 18.6 Å². The minimum atomic E-state index is -0.596. The molecule has 0 unspecified atom stereocenters. The molecule has 0 aromatic heterocycles. The molecular weight excluding hydrogens is 274 g/mol. The predicted octanol–water partition coefficient (Wildman–Crippen LogP) is 3.69. The maximum atomic E-state index is 13.6. The van der Waals surface area contributed by atoms with E-state index in [-0.39, 0.29) is 29.5 Å². The molecule has 0 aliphatic carbocycles. The van der Waals surface area contributed by atoms with Crippen molar-refractivity contribution in [3.05, 3.63) is 64.2 Å². The molecule has 2 aromatic carbocycles. The summed E-state index contributed by atoms with van der Waals surface area (Å²) >= 11 is 5.63. The Hall–Kier alpha value is -1.65. The Morgan fingerprint density at radius 3 is 2.53 bits per heavy atom. The Morgan fingerprint density at radius 1 is 1.05 bits per heavy atom. The fourth-order valence-electron chi connectivity index (χ4n) is 1.63. The van der Waals surface area contributed by atoms with E-state index in [4.69, 9.17) is 21.4 Å². The highest BCUT2D eigenvalue weighted by atomic mass is 35.5. The second-order valence-electron chi connectivity index (χ2n) is 3.91. The number of hydrogen-bond acceptors (Lipinski definition) is 2. The molecule has 0 aliphatic heterocycles. The van der Waals surface area contributed by atoms with Gasteiger partial charge in [0.25, 0.3) is 0 Å². The van der Waals surface area contributed by atoms with Gasteiger partial charge < -0.3 is 9.84 Å². The van der Waals surface area contributed by atoms with Gasteiger partial charge in [-0.25, -0.2) is 8.78 Å². The first-order chi connectivity index (χ1) is 9.11. The average molecular weight is 285 g/mol. The summed E-state index contributed by atoms with van der Waals surface area (Å²) in [5.41, 5.74) is 0.575. The van der Waals surface area contributed by atoms with Crippen molar-refractivity contribution in [3.63, 3.8) is 0 Å². The zero-order valence-electron chi connectivity index (χ0n) is 9.87. The average Bonchev–Trinajstić information content (AvgIpc) is 2.39. The number of hydrogen-bond donors (Lipinski definition) is 1. The van der Waals surface area contributed by atoms with Gasteiger partial charge >= 0.3 is 0 Å². The number of rotatable bonds is 4. The molecule has 0 bridgehead atoms. The van der Waals surface area contributed by atoms with Gasteiger partial charge in [-0.3, -0.25) is 0 Å². The Kier molecular flexibility index (Phi) is 4.35. The van der Waals surface area contributed by atoms with Crippen LogP contribution in [0.25, 0.3) is 0 Å². The fourth-order valence-corrected chi connectivity index (χ4v) is 1.79. The number of halogens is 3. The summed E-state index contributed by atoms with van der Waals surface area (Å²) in [4.78, 5) is 0. The summed E-state index contributed by atoms with van der Waals surface area (Å²) in [7, 11) is 0. The normalized spacial score (nSPS) is 10.5. The van der Waals surface area contributed by atoms with Crippen LogP contribution in [-0.2, 0) is 13.2 Å². The van der Waals surface area contributed by atoms with Crippen molar-refractivity contribution in [2.45, 2.75) is 13.2 Å². The molecule has 0 saturated heterocycles. The third kappa shape index (κ3) is 3.22. The zero-order chi connectivity index (χ0) is 13.8. The van der Waals surface area contributed by atoms with Gasteiger partial charge in [0.2, 0.25) is 0 Å². The largest absolute Gasteiger partial charge is 0.485 e. The molecule has 0 fully saturated rings. The van der Waals surface area contributed by atoms with Crippen LogP contribution in [0, 0.1) is 11.6 Å². The summed E-state index contributed by atoms with van der Waals surface area (Å²) < 4.78 is 32.3. The van der Waals surface area contributed by atoms with Gasteiger partial charge in [0, 0.05) is 16.1 Å². The Bertz CT molecular complexity index is 588. The minimum Gasteiger partial charge on any atom is -0.485 e. The molecule has 0 spiro atoms. The van der Waals surface area contributed by atoms with Crippen LogP contribution in [-0.4, -0.2) is 5.11 Å². The molecule has 2 nitrogen and oxygen atoms in total. The molecule has 2 aromatic rings. The van der Waals surface area contributed by atoms with Crippen LogP contribution in [0.15, 0.2) is 36.4 Å². The first-order valence-electron chi connectivity index (χ1n) is 5.57. The van der Waals surface area contributed by atoms with Gasteiger partial charge in [-0.2, -0.15) is 0 Å². The Morgan fingerprint density at radius 2 is 1.84 bits per heavy atom. The number of aliphatic hydroxyl groups is 1. The molecule has 100 valence electrons. The van der Waals surface area contributed by atoms with Crippen LogP contribution < -0.4 is 4.74 Å². The van der Waals surface area contributed by atoms with E-state index in [0.29, 0.717) is 5.56 Å². The van der Waals surface area contributed by atoms with Gasteiger partial charge in [-0.15, -0.1) is 0 Å². The molecule has 5 heteroatoms. The van der Waals surface area contributed by atoms with E-state index < -0.39 is 11.6 Å². The maximum absolute atomic E-state index is 13.6. The van der Waals surface area contributed by atoms with E-state index in [1.807, 2.05) is 0 Å². The van der Waals surface area contributed by atoms with E-state index in [0.717, 1.165) is 6.07 Å². The third-order valence-electron chi connectivity index (χ3n) is 2.61. The van der Waals surface area contributed by atoms with E-state index in [9.17, 15) is 8.78 Å². The molecule has 19 heavy (non-hydrogen) atoms. The van der Waals surface area contributed by atoms with Gasteiger partial charge in [0.1, 0.15) is 12.4 Å². The zero-order valence-corrected chi connectivity index (χ0v) is 10.6. The monoisotopic (exact) mass is 284 g/mol. The second-order valence-corrected chi connectivity index (χ2v) is 4.35. The summed E-state index contributed by atoms with van der Waals surface area (Å²) in [6.45, 7) is -0.493. The van der Waals surface area contributed by atoms with Crippen molar-refractivity contribution in [3.8, 4) is 5.75 Å². The van der Waals surface area contributed by atoms with E-state index in [1.54, 1.807) is 0 Å². The highest BCUT2D eigenvalue weighted by molar-refractivity contribution is 6.30. The van der Waals surface area contributed by atoms with E-state index in [2.05, 4.69) is 0 Å². The lowest BCUT2D eigenvalue weighted by Gasteiger charge is -2.11. The third-order valence-corrected chi connectivity index (χ3v) is 2.84. The van der Waals surface area contributed by atoms with Crippen molar-refractivity contribution in [1.29, 1.82) is 0 Å². The lowest BCUT2D eigenvalue weighted by molar-refractivity contribution is 0.249. The molecule has 0 radical (unpaired) electrons. The van der Waals surface area contributed by atoms with Crippen molar-refractivity contribution in [2.24, 2.45) is 0 Å². The fraction of sp³-hybridized carbons (Fsp3) is 0.143. The molecule has 0 heterocycles. The molecule has 0 amide bonds. The SMILES string of the molecule is OCc1cccc(F)c1OCc1ccc(Cl)cc1F. The highest BCUT2D eigenvalue weighted by Gasteiger charge is 2.11. The smallest absolute Gasteiger partial charge is 0.165 e. The number of aliphatic hydroxyl groups excluding tert-OH is 1. The summed E-state index contributed by atoms with van der Waals surface area (Å²) in [5, 5.41) is 9.37. The summed E-state index contributed by atoms with van der Waals surface area (Å²) in [6.07, 6.45) is 0. The maximum Gasteiger partial charge on any atom is 0.165 e. The van der Waals surface area contributed by atoms with Crippen LogP contribution >= 0.6 is 11.6 Å².